The average Bonchev–Trinajstić information content (AvgIpc) is 2.31. The Bertz CT molecular complexity index is 612. The molecule has 1 amide bonds. The van der Waals surface area contributed by atoms with Crippen molar-refractivity contribution in [1.29, 1.82) is 0 Å². The molecule has 0 spiro atoms. The molecule has 98 valence electrons. The van der Waals surface area contributed by atoms with Crippen LogP contribution in [0.4, 0.5) is 5.69 Å². The van der Waals surface area contributed by atoms with Gasteiger partial charge in [0.25, 0.3) is 5.91 Å². The van der Waals surface area contributed by atoms with Gasteiger partial charge in [-0.1, -0.05) is 6.07 Å². The predicted octanol–water partition coefficient (Wildman–Crippen LogP) is 3.57. The second-order valence-corrected chi connectivity index (χ2v) is 4.83. The minimum absolute atomic E-state index is 0.173. The van der Waals surface area contributed by atoms with Crippen molar-refractivity contribution in [1.82, 2.24) is 0 Å². The van der Waals surface area contributed by atoms with Gasteiger partial charge in [0, 0.05) is 11.3 Å². The van der Waals surface area contributed by atoms with Gasteiger partial charge < -0.3 is 10.4 Å². The molecule has 0 unspecified atom stereocenters. The van der Waals surface area contributed by atoms with Crippen molar-refractivity contribution in [2.45, 2.75) is 20.8 Å². The number of amides is 1. The third-order valence-electron chi connectivity index (χ3n) is 2.94. The number of carbonyl (C=O) groups excluding carboxylic acids is 1. The van der Waals surface area contributed by atoms with Gasteiger partial charge in [0.05, 0.1) is 0 Å². The molecule has 0 aromatic heterocycles. The molecule has 0 radical (unpaired) electrons. The van der Waals surface area contributed by atoms with Crippen LogP contribution in [-0.2, 0) is 0 Å². The summed E-state index contributed by atoms with van der Waals surface area (Å²) in [6.45, 7) is 5.75. The van der Waals surface area contributed by atoms with Crippen LogP contribution in [0.2, 0.25) is 0 Å². The van der Waals surface area contributed by atoms with Crippen molar-refractivity contribution >= 4 is 11.6 Å². The summed E-state index contributed by atoms with van der Waals surface area (Å²) in [6, 6.07) is 10.7. The minimum Gasteiger partial charge on any atom is -0.508 e. The number of aryl methyl sites for hydroxylation is 3. The molecule has 0 saturated carbocycles. The maximum absolute atomic E-state index is 12.1. The fraction of sp³-hybridized carbons (Fsp3) is 0.188. The first-order chi connectivity index (χ1) is 8.95. The highest BCUT2D eigenvalue weighted by molar-refractivity contribution is 6.04. The number of phenolic OH excluding ortho intramolecular Hbond substituents is 1. The normalized spacial score (nSPS) is 10.3. The molecule has 3 heteroatoms. The molecule has 0 fully saturated rings. The Morgan fingerprint density at radius 1 is 1.00 bits per heavy atom. The van der Waals surface area contributed by atoms with Crippen LogP contribution in [0.1, 0.15) is 27.0 Å². The fourth-order valence-electron chi connectivity index (χ4n) is 2.05. The van der Waals surface area contributed by atoms with Crippen LogP contribution in [0.3, 0.4) is 0 Å². The van der Waals surface area contributed by atoms with Gasteiger partial charge in [-0.2, -0.15) is 0 Å². The Hall–Kier alpha value is -2.29. The number of hydrogen-bond donors (Lipinski definition) is 2. The SMILES string of the molecule is Cc1cc(C)cc(NC(=O)c2ccc(O)c(C)c2)c1. The highest BCUT2D eigenvalue weighted by atomic mass is 16.3. The topological polar surface area (TPSA) is 49.3 Å². The summed E-state index contributed by atoms with van der Waals surface area (Å²) in [5.41, 5.74) is 4.23. The van der Waals surface area contributed by atoms with Gasteiger partial charge in [-0.05, 0) is 67.8 Å². The van der Waals surface area contributed by atoms with Crippen molar-refractivity contribution in [3.05, 3.63) is 58.7 Å². The van der Waals surface area contributed by atoms with Gasteiger partial charge in [0.1, 0.15) is 5.75 Å². The van der Waals surface area contributed by atoms with Gasteiger partial charge >= 0.3 is 0 Å². The third-order valence-corrected chi connectivity index (χ3v) is 2.94. The molecule has 0 aliphatic rings. The first-order valence-corrected chi connectivity index (χ1v) is 6.15. The average molecular weight is 255 g/mol. The second kappa shape index (κ2) is 5.14. The van der Waals surface area contributed by atoms with Crippen LogP contribution in [0, 0.1) is 20.8 Å². The lowest BCUT2D eigenvalue weighted by molar-refractivity contribution is 0.102. The number of hydrogen-bond acceptors (Lipinski definition) is 2. The number of phenols is 1. The van der Waals surface area contributed by atoms with E-state index < -0.39 is 0 Å². The van der Waals surface area contributed by atoms with Crippen molar-refractivity contribution in [2.24, 2.45) is 0 Å². The van der Waals surface area contributed by atoms with Crippen LogP contribution >= 0.6 is 0 Å². The van der Waals surface area contributed by atoms with E-state index in [4.69, 9.17) is 0 Å². The molecule has 2 aromatic carbocycles. The molecular weight excluding hydrogens is 238 g/mol. The van der Waals surface area contributed by atoms with Crippen LogP contribution in [0.5, 0.6) is 5.75 Å². The van der Waals surface area contributed by atoms with Gasteiger partial charge in [0.2, 0.25) is 0 Å². The van der Waals surface area contributed by atoms with Crippen molar-refractivity contribution in [2.75, 3.05) is 5.32 Å². The van der Waals surface area contributed by atoms with E-state index in [1.165, 1.54) is 6.07 Å². The first-order valence-electron chi connectivity index (χ1n) is 6.15. The van der Waals surface area contributed by atoms with Crippen LogP contribution in [-0.4, -0.2) is 11.0 Å². The summed E-state index contributed by atoms with van der Waals surface area (Å²) >= 11 is 0. The molecule has 0 saturated heterocycles. The highest BCUT2D eigenvalue weighted by Gasteiger charge is 2.08. The Morgan fingerprint density at radius 3 is 2.21 bits per heavy atom. The fourth-order valence-corrected chi connectivity index (χ4v) is 2.05. The molecule has 0 heterocycles. The maximum atomic E-state index is 12.1. The van der Waals surface area contributed by atoms with E-state index in [0.29, 0.717) is 11.1 Å². The lowest BCUT2D eigenvalue weighted by Crippen LogP contribution is -2.12. The predicted molar refractivity (Wildman–Crippen MR) is 76.7 cm³/mol. The lowest BCUT2D eigenvalue weighted by atomic mass is 10.1. The van der Waals surface area contributed by atoms with E-state index in [2.05, 4.69) is 11.4 Å². The van der Waals surface area contributed by atoms with Crippen molar-refractivity contribution < 1.29 is 9.90 Å². The standard InChI is InChI=1S/C16H17NO2/c1-10-6-11(2)8-14(7-10)17-16(19)13-4-5-15(18)12(3)9-13/h4-9,18H,1-3H3,(H,17,19). The van der Waals surface area contributed by atoms with E-state index in [-0.39, 0.29) is 11.7 Å². The molecule has 0 bridgehead atoms. The van der Waals surface area contributed by atoms with Gasteiger partial charge in [-0.3, -0.25) is 4.79 Å². The summed E-state index contributed by atoms with van der Waals surface area (Å²) in [5, 5.41) is 12.3. The molecule has 0 aliphatic carbocycles. The number of rotatable bonds is 2. The van der Waals surface area contributed by atoms with E-state index >= 15 is 0 Å². The summed E-state index contributed by atoms with van der Waals surface area (Å²) in [6.07, 6.45) is 0. The number of nitrogens with one attached hydrogen (secondary N) is 1. The summed E-state index contributed by atoms with van der Waals surface area (Å²) in [5.74, 6) is 0.0241. The quantitative estimate of drug-likeness (QED) is 0.861. The lowest BCUT2D eigenvalue weighted by Gasteiger charge is -2.08. The molecule has 0 aliphatic heterocycles. The van der Waals surface area contributed by atoms with Gasteiger partial charge in [-0.25, -0.2) is 0 Å². The number of anilines is 1. The first kappa shape index (κ1) is 13.1. The van der Waals surface area contributed by atoms with Crippen LogP contribution in [0.25, 0.3) is 0 Å². The Kier molecular flexibility index (Phi) is 3.56. The van der Waals surface area contributed by atoms with E-state index in [9.17, 15) is 9.90 Å². The molecule has 0 atom stereocenters. The summed E-state index contributed by atoms with van der Waals surface area (Å²) < 4.78 is 0. The second-order valence-electron chi connectivity index (χ2n) is 4.83. The Balaban J connectivity index is 2.22. The molecule has 3 nitrogen and oxygen atoms in total. The van der Waals surface area contributed by atoms with E-state index in [0.717, 1.165) is 16.8 Å². The summed E-state index contributed by atoms with van der Waals surface area (Å²) in [4.78, 5) is 12.1. The zero-order chi connectivity index (χ0) is 14.0. The van der Waals surface area contributed by atoms with Crippen LogP contribution < -0.4 is 5.32 Å². The van der Waals surface area contributed by atoms with Crippen LogP contribution in [0.15, 0.2) is 36.4 Å². The monoisotopic (exact) mass is 255 g/mol. The molecule has 2 rings (SSSR count). The largest absolute Gasteiger partial charge is 0.508 e. The van der Waals surface area contributed by atoms with Gasteiger partial charge in [0.15, 0.2) is 0 Å². The minimum atomic E-state index is -0.173. The van der Waals surface area contributed by atoms with E-state index in [1.54, 1.807) is 19.1 Å². The van der Waals surface area contributed by atoms with Crippen molar-refractivity contribution in [3.8, 4) is 5.75 Å². The molecule has 19 heavy (non-hydrogen) atoms. The zero-order valence-electron chi connectivity index (χ0n) is 11.3. The van der Waals surface area contributed by atoms with Crippen molar-refractivity contribution in [3.63, 3.8) is 0 Å². The van der Waals surface area contributed by atoms with Gasteiger partial charge in [-0.15, -0.1) is 0 Å². The summed E-state index contributed by atoms with van der Waals surface area (Å²) in [7, 11) is 0. The third kappa shape index (κ3) is 3.13. The maximum Gasteiger partial charge on any atom is 0.255 e. The molecular formula is C16H17NO2. The number of carbonyl (C=O) groups is 1. The number of aromatic hydroxyl groups is 1. The highest BCUT2D eigenvalue weighted by Crippen LogP contribution is 2.19. The van der Waals surface area contributed by atoms with E-state index in [1.807, 2.05) is 26.0 Å². The molecule has 2 aromatic rings. The number of benzene rings is 2. The Labute approximate surface area is 112 Å². The smallest absolute Gasteiger partial charge is 0.255 e. The Morgan fingerprint density at radius 2 is 1.63 bits per heavy atom. The molecule has 2 N–H and O–H groups in total. The zero-order valence-corrected chi connectivity index (χ0v) is 11.3.